The van der Waals surface area contributed by atoms with E-state index in [1.165, 1.54) is 11.3 Å². The summed E-state index contributed by atoms with van der Waals surface area (Å²) in [7, 11) is 0. The number of carbonyl (C=O) groups is 1. The Morgan fingerprint density at radius 1 is 1.44 bits per heavy atom. The summed E-state index contributed by atoms with van der Waals surface area (Å²) in [4.78, 5) is 17.1. The molecule has 18 heavy (non-hydrogen) atoms. The van der Waals surface area contributed by atoms with E-state index in [0.717, 1.165) is 11.4 Å². The van der Waals surface area contributed by atoms with E-state index in [9.17, 15) is 4.79 Å². The van der Waals surface area contributed by atoms with Crippen molar-refractivity contribution in [2.75, 3.05) is 11.4 Å². The minimum absolute atomic E-state index is 0.0390. The Labute approximate surface area is 110 Å². The van der Waals surface area contributed by atoms with Crippen LogP contribution in [-0.4, -0.2) is 22.6 Å². The Balaban J connectivity index is 2.28. The van der Waals surface area contributed by atoms with E-state index in [0.29, 0.717) is 0 Å². The van der Waals surface area contributed by atoms with Gasteiger partial charge in [-0.1, -0.05) is 18.2 Å². The first-order valence-corrected chi connectivity index (χ1v) is 6.54. The van der Waals surface area contributed by atoms with Crippen LogP contribution < -0.4 is 4.90 Å². The molecule has 1 N–H and O–H groups in total. The lowest BCUT2D eigenvalue weighted by molar-refractivity contribution is -0.135. The van der Waals surface area contributed by atoms with Gasteiger partial charge in [0.1, 0.15) is 6.54 Å². The molecule has 0 amide bonds. The highest BCUT2D eigenvalue weighted by molar-refractivity contribution is 7.07. The Morgan fingerprint density at radius 2 is 2.17 bits per heavy atom. The second-order valence-corrected chi connectivity index (χ2v) is 4.67. The van der Waals surface area contributed by atoms with Crippen molar-refractivity contribution in [2.45, 2.75) is 13.0 Å². The topological polar surface area (TPSA) is 53.4 Å². The molecule has 2 aromatic rings. The summed E-state index contributed by atoms with van der Waals surface area (Å²) in [5.41, 5.74) is 3.54. The molecule has 0 aliphatic rings. The lowest BCUT2D eigenvalue weighted by Gasteiger charge is -2.28. The number of nitrogens with zero attached hydrogens (tertiary/aromatic N) is 2. The zero-order valence-corrected chi connectivity index (χ0v) is 10.8. The number of aliphatic carboxylic acids is 1. The molecule has 1 heterocycles. The molecule has 0 saturated carbocycles. The van der Waals surface area contributed by atoms with Gasteiger partial charge >= 0.3 is 5.97 Å². The number of hydrogen-bond donors (Lipinski definition) is 1. The molecule has 4 nitrogen and oxygen atoms in total. The summed E-state index contributed by atoms with van der Waals surface area (Å²) >= 11 is 1.51. The second-order valence-electron chi connectivity index (χ2n) is 3.95. The lowest BCUT2D eigenvalue weighted by atomic mass is 10.2. The minimum Gasteiger partial charge on any atom is -0.480 e. The largest absolute Gasteiger partial charge is 0.480 e. The minimum atomic E-state index is -0.846. The van der Waals surface area contributed by atoms with Crippen LogP contribution in [0.5, 0.6) is 0 Å². The number of hydrogen-bond acceptors (Lipinski definition) is 4. The van der Waals surface area contributed by atoms with Crippen LogP contribution in [0.15, 0.2) is 41.2 Å². The molecule has 0 radical (unpaired) electrons. The normalized spacial score (nSPS) is 12.1. The average molecular weight is 262 g/mol. The Bertz CT molecular complexity index is 499. The molecular formula is C13H14N2O2S. The third-order valence-corrected chi connectivity index (χ3v) is 3.35. The molecule has 5 heteroatoms. The van der Waals surface area contributed by atoms with Gasteiger partial charge in [0.15, 0.2) is 0 Å². The molecule has 0 spiro atoms. The fourth-order valence-electron chi connectivity index (χ4n) is 1.80. The third kappa shape index (κ3) is 2.87. The maximum Gasteiger partial charge on any atom is 0.323 e. The molecule has 94 valence electrons. The molecule has 1 aromatic carbocycles. The van der Waals surface area contributed by atoms with Gasteiger partial charge < -0.3 is 10.0 Å². The number of thiazole rings is 1. The van der Waals surface area contributed by atoms with Crippen molar-refractivity contribution in [3.8, 4) is 0 Å². The van der Waals surface area contributed by atoms with E-state index in [1.54, 1.807) is 5.51 Å². The number of aromatic nitrogens is 1. The molecule has 2 rings (SSSR count). The van der Waals surface area contributed by atoms with Gasteiger partial charge in [-0.2, -0.15) is 0 Å². The number of carboxylic acids is 1. The highest BCUT2D eigenvalue weighted by atomic mass is 32.1. The summed E-state index contributed by atoms with van der Waals surface area (Å²) in [5, 5.41) is 11.0. The van der Waals surface area contributed by atoms with Gasteiger partial charge in [0.05, 0.1) is 17.2 Å². The fourth-order valence-corrected chi connectivity index (χ4v) is 2.45. The molecule has 0 aliphatic carbocycles. The maximum absolute atomic E-state index is 11.0. The van der Waals surface area contributed by atoms with Crippen LogP contribution in [0.3, 0.4) is 0 Å². The van der Waals surface area contributed by atoms with Gasteiger partial charge in [-0.05, 0) is 19.1 Å². The van der Waals surface area contributed by atoms with Crippen LogP contribution in [-0.2, 0) is 4.79 Å². The Hall–Kier alpha value is -1.88. The van der Waals surface area contributed by atoms with Gasteiger partial charge in [0, 0.05) is 11.1 Å². The first-order valence-electron chi connectivity index (χ1n) is 5.60. The van der Waals surface area contributed by atoms with Crippen molar-refractivity contribution in [3.63, 3.8) is 0 Å². The standard InChI is InChI=1S/C13H14N2O2S/c1-10(12-8-18-9-14-12)15(7-13(16)17)11-5-3-2-4-6-11/h2-6,8-10H,7H2,1H3,(H,16,17). The summed E-state index contributed by atoms with van der Waals surface area (Å²) in [6, 6.07) is 9.47. The van der Waals surface area contributed by atoms with E-state index in [4.69, 9.17) is 5.11 Å². The van der Waals surface area contributed by atoms with E-state index < -0.39 is 5.97 Å². The second kappa shape index (κ2) is 5.64. The van der Waals surface area contributed by atoms with Gasteiger partial charge in [-0.15, -0.1) is 11.3 Å². The van der Waals surface area contributed by atoms with Crippen LogP contribution in [0.25, 0.3) is 0 Å². The SMILES string of the molecule is CC(c1cscn1)N(CC(=O)O)c1ccccc1. The Kier molecular flexibility index (Phi) is 3.94. The highest BCUT2D eigenvalue weighted by Gasteiger charge is 2.20. The molecule has 1 unspecified atom stereocenters. The maximum atomic E-state index is 11.0. The number of carboxylic acid groups (broad SMARTS) is 1. The van der Waals surface area contributed by atoms with Crippen molar-refractivity contribution in [2.24, 2.45) is 0 Å². The fraction of sp³-hybridized carbons (Fsp3) is 0.231. The van der Waals surface area contributed by atoms with E-state index >= 15 is 0 Å². The molecule has 0 bridgehead atoms. The van der Waals surface area contributed by atoms with Crippen LogP contribution >= 0.6 is 11.3 Å². The first kappa shape index (κ1) is 12.6. The van der Waals surface area contributed by atoms with Crippen LogP contribution in [0.2, 0.25) is 0 Å². The number of anilines is 1. The van der Waals surface area contributed by atoms with Crippen molar-refractivity contribution < 1.29 is 9.90 Å². The molecule has 1 atom stereocenters. The van der Waals surface area contributed by atoms with E-state index in [-0.39, 0.29) is 12.6 Å². The summed E-state index contributed by atoms with van der Waals surface area (Å²) in [6.45, 7) is 1.92. The van der Waals surface area contributed by atoms with Crippen molar-refractivity contribution in [1.82, 2.24) is 4.98 Å². The zero-order chi connectivity index (χ0) is 13.0. The molecule has 0 fully saturated rings. The van der Waals surface area contributed by atoms with Gasteiger partial charge in [-0.3, -0.25) is 4.79 Å². The van der Waals surface area contributed by atoms with Gasteiger partial charge in [0.25, 0.3) is 0 Å². The number of benzene rings is 1. The van der Waals surface area contributed by atoms with Gasteiger partial charge in [-0.25, -0.2) is 4.98 Å². The number of para-hydroxylation sites is 1. The van der Waals surface area contributed by atoms with Crippen LogP contribution in [0.4, 0.5) is 5.69 Å². The van der Waals surface area contributed by atoms with Crippen molar-refractivity contribution in [1.29, 1.82) is 0 Å². The summed E-state index contributed by atoms with van der Waals surface area (Å²) in [6.07, 6.45) is 0. The monoisotopic (exact) mass is 262 g/mol. The molecular weight excluding hydrogens is 248 g/mol. The molecule has 0 aliphatic heterocycles. The van der Waals surface area contributed by atoms with Crippen LogP contribution in [0, 0.1) is 0 Å². The van der Waals surface area contributed by atoms with E-state index in [1.807, 2.05) is 47.5 Å². The van der Waals surface area contributed by atoms with Gasteiger partial charge in [0.2, 0.25) is 0 Å². The first-order chi connectivity index (χ1) is 8.68. The van der Waals surface area contributed by atoms with E-state index in [2.05, 4.69) is 4.98 Å². The molecule has 0 saturated heterocycles. The number of rotatable bonds is 5. The summed E-state index contributed by atoms with van der Waals surface area (Å²) < 4.78 is 0. The predicted molar refractivity (Wildman–Crippen MR) is 72.0 cm³/mol. The smallest absolute Gasteiger partial charge is 0.323 e. The highest BCUT2D eigenvalue weighted by Crippen LogP contribution is 2.26. The van der Waals surface area contributed by atoms with Crippen LogP contribution in [0.1, 0.15) is 18.7 Å². The zero-order valence-electron chi connectivity index (χ0n) is 9.98. The van der Waals surface area contributed by atoms with Crippen molar-refractivity contribution in [3.05, 3.63) is 46.9 Å². The third-order valence-electron chi connectivity index (χ3n) is 2.74. The Morgan fingerprint density at radius 3 is 2.72 bits per heavy atom. The lowest BCUT2D eigenvalue weighted by Crippen LogP contribution is -2.32. The van der Waals surface area contributed by atoms with Crippen molar-refractivity contribution >= 4 is 23.0 Å². The summed E-state index contributed by atoms with van der Waals surface area (Å²) in [5.74, 6) is -0.846. The quantitative estimate of drug-likeness (QED) is 0.900. The predicted octanol–water partition coefficient (Wildman–Crippen LogP) is 2.80. The average Bonchev–Trinajstić information content (AvgIpc) is 2.90. The molecule has 1 aromatic heterocycles.